The fourth-order valence-corrected chi connectivity index (χ4v) is 7.55. The Morgan fingerprint density at radius 3 is 0.982 bits per heavy atom. The number of allylic oxidation sites excluding steroid dienone is 1. The van der Waals surface area contributed by atoms with E-state index in [1.54, 1.807) is 0 Å². The summed E-state index contributed by atoms with van der Waals surface area (Å²) in [6.07, 6.45) is 11.0. The number of rotatable bonds is 0. The molecule has 326 valence electrons. The van der Waals surface area contributed by atoms with Crippen molar-refractivity contribution in [2.75, 3.05) is 0 Å². The van der Waals surface area contributed by atoms with E-state index in [1.807, 2.05) is 27.7 Å². The minimum atomic E-state index is -0.687. The molecule has 1 aliphatic heterocycles. The smallest absolute Gasteiger partial charge is 0.330 e. The summed E-state index contributed by atoms with van der Waals surface area (Å²) in [6.45, 7) is 7.75. The number of aliphatic hydroxyl groups is 9. The molecule has 11 nitrogen and oxygen atoms in total. The van der Waals surface area contributed by atoms with Gasteiger partial charge in [0.1, 0.15) is 6.10 Å². The van der Waals surface area contributed by atoms with Crippen LogP contribution in [0.15, 0.2) is 11.6 Å². The summed E-state index contributed by atoms with van der Waals surface area (Å²) in [4.78, 5) is 12.8. The molecule has 0 saturated carbocycles. The van der Waals surface area contributed by atoms with Crippen LogP contribution in [0.1, 0.15) is 195 Å². The van der Waals surface area contributed by atoms with Gasteiger partial charge >= 0.3 is 5.97 Å². The molecule has 8 unspecified atom stereocenters. The molecule has 0 aliphatic carbocycles. The predicted octanol–water partition coefficient (Wildman–Crippen LogP) is 6.29. The second-order valence-corrected chi connectivity index (χ2v) is 18.0. The zero-order valence-electron chi connectivity index (χ0n) is 35.1. The normalized spacial score (nSPS) is 35.4. The van der Waals surface area contributed by atoms with Crippen molar-refractivity contribution in [2.45, 2.75) is 256 Å². The van der Waals surface area contributed by atoms with Gasteiger partial charge in [-0.3, -0.25) is 0 Å². The van der Waals surface area contributed by atoms with Crippen molar-refractivity contribution in [2.24, 2.45) is 5.41 Å². The molecule has 0 radical (unpaired) electrons. The summed E-state index contributed by atoms with van der Waals surface area (Å²) in [5.74, 6) is -0.464. The number of aliphatic hydroxyl groups excluding tert-OH is 9. The Bertz CT molecular complexity index is 985. The van der Waals surface area contributed by atoms with Crippen molar-refractivity contribution >= 4 is 5.97 Å². The minimum Gasteiger partial charge on any atom is -0.459 e. The number of cyclic esters (lactones) is 1. The minimum absolute atomic E-state index is 0.252. The Morgan fingerprint density at radius 1 is 0.436 bits per heavy atom. The first-order chi connectivity index (χ1) is 25.9. The molecule has 0 fully saturated rings. The van der Waals surface area contributed by atoms with E-state index in [0.717, 1.165) is 5.57 Å². The number of esters is 1. The predicted molar refractivity (Wildman–Crippen MR) is 217 cm³/mol. The second-order valence-electron chi connectivity index (χ2n) is 18.0. The lowest BCUT2D eigenvalue weighted by Crippen LogP contribution is -2.34. The zero-order valence-corrected chi connectivity index (χ0v) is 35.1. The molecule has 0 aromatic rings. The van der Waals surface area contributed by atoms with Gasteiger partial charge in [-0.15, -0.1) is 0 Å². The maximum atomic E-state index is 12.8. The molecule has 0 saturated heterocycles. The summed E-state index contributed by atoms with van der Waals surface area (Å²) in [6, 6.07) is 0. The second kappa shape index (κ2) is 30.0. The number of carbonyl (C=O) groups excluding carboxylic acids is 1. The molecule has 0 bridgehead atoms. The summed E-state index contributed by atoms with van der Waals surface area (Å²) in [5, 5.41) is 94.1. The highest BCUT2D eigenvalue weighted by Gasteiger charge is 2.30. The van der Waals surface area contributed by atoms with Crippen LogP contribution in [0.25, 0.3) is 0 Å². The van der Waals surface area contributed by atoms with E-state index in [0.29, 0.717) is 161 Å². The molecule has 1 heterocycles. The standard InChI is InChI=1S/C44H84O11/c1-32-13-5-26-39(51)30-40(52)27-11-24-37(49)22-9-20-35(47)18-7-16-33(45)14-6-15-34(46)17-8-19-36(48)21-10-23-38(50)25-12-28-41(53)31-42(44(2,3)4)55-43(54)29-32/h29,33-42,45-53H,5-28,30-31H2,1-4H3/b32-29-/t33?,34?,35?,36?,37?,38?,39-,40+,41?,42?/m0/s1. The van der Waals surface area contributed by atoms with E-state index in [1.165, 1.54) is 6.08 Å². The van der Waals surface area contributed by atoms with Crippen LogP contribution in [-0.2, 0) is 9.53 Å². The number of hydrogen-bond acceptors (Lipinski definition) is 11. The van der Waals surface area contributed by atoms with Crippen LogP contribution in [0.3, 0.4) is 0 Å². The molecule has 0 amide bonds. The molecule has 0 aromatic heterocycles. The first-order valence-corrected chi connectivity index (χ1v) is 21.9. The highest BCUT2D eigenvalue weighted by Crippen LogP contribution is 2.28. The Morgan fingerprint density at radius 2 is 0.691 bits per heavy atom. The van der Waals surface area contributed by atoms with Crippen molar-refractivity contribution in [1.82, 2.24) is 0 Å². The molecule has 9 N–H and O–H groups in total. The van der Waals surface area contributed by atoms with Gasteiger partial charge in [0, 0.05) is 12.5 Å². The van der Waals surface area contributed by atoms with Gasteiger partial charge in [-0.25, -0.2) is 4.79 Å². The largest absolute Gasteiger partial charge is 0.459 e. The monoisotopic (exact) mass is 789 g/mol. The van der Waals surface area contributed by atoms with Crippen LogP contribution in [0.4, 0.5) is 0 Å². The Kier molecular flexibility index (Phi) is 28.3. The lowest BCUT2D eigenvalue weighted by Gasteiger charge is -2.31. The molecule has 10 atom stereocenters. The van der Waals surface area contributed by atoms with Crippen molar-refractivity contribution in [3.05, 3.63) is 11.6 Å². The molecular formula is C44H84O11. The molecule has 1 aliphatic rings. The maximum Gasteiger partial charge on any atom is 0.330 e. The van der Waals surface area contributed by atoms with Gasteiger partial charge in [-0.1, -0.05) is 26.3 Å². The summed E-state index contributed by atoms with van der Waals surface area (Å²) >= 11 is 0. The van der Waals surface area contributed by atoms with E-state index in [2.05, 4.69) is 0 Å². The summed E-state index contributed by atoms with van der Waals surface area (Å²) in [7, 11) is 0. The van der Waals surface area contributed by atoms with Crippen molar-refractivity contribution in [1.29, 1.82) is 0 Å². The van der Waals surface area contributed by atoms with Crippen LogP contribution < -0.4 is 0 Å². The van der Waals surface area contributed by atoms with Gasteiger partial charge in [-0.2, -0.15) is 0 Å². The lowest BCUT2D eigenvalue weighted by atomic mass is 9.85. The zero-order chi connectivity index (χ0) is 41.2. The number of carbonyl (C=O) groups is 1. The van der Waals surface area contributed by atoms with Gasteiger partial charge in [0.25, 0.3) is 0 Å². The van der Waals surface area contributed by atoms with Gasteiger partial charge in [0.15, 0.2) is 0 Å². The number of ether oxygens (including phenoxy) is 1. The average molecular weight is 789 g/mol. The van der Waals surface area contributed by atoms with Crippen LogP contribution in [-0.4, -0.2) is 113 Å². The van der Waals surface area contributed by atoms with Crippen molar-refractivity contribution < 1.29 is 55.5 Å². The van der Waals surface area contributed by atoms with Gasteiger partial charge in [0.05, 0.1) is 54.9 Å². The van der Waals surface area contributed by atoms with E-state index in [4.69, 9.17) is 4.74 Å². The quantitative estimate of drug-likeness (QED) is 0.125. The third-order valence-corrected chi connectivity index (χ3v) is 11.3. The number of hydrogen-bond donors (Lipinski definition) is 9. The summed E-state index contributed by atoms with van der Waals surface area (Å²) < 4.78 is 5.82. The molecule has 11 heteroatoms. The molecule has 55 heavy (non-hydrogen) atoms. The molecular weight excluding hydrogens is 704 g/mol. The SMILES string of the molecule is C/C1=C/C(=O)OC(C(C)(C)C)CC(O)CCCC(O)CCCC(O)CCCC(O)CCCC(O)CCCC(O)CCCC(O)CCC[C@@H](O)C[C@@H](O)CCC1. The van der Waals surface area contributed by atoms with Crippen molar-refractivity contribution in [3.63, 3.8) is 0 Å². The van der Waals surface area contributed by atoms with Crippen LogP contribution in [0, 0.1) is 5.41 Å². The van der Waals surface area contributed by atoms with E-state index < -0.39 is 72.4 Å². The fraction of sp³-hybridized carbons (Fsp3) is 0.932. The van der Waals surface area contributed by atoms with Crippen LogP contribution in [0.5, 0.6) is 0 Å². The van der Waals surface area contributed by atoms with E-state index in [-0.39, 0.29) is 6.42 Å². The molecule has 1 rings (SSSR count). The van der Waals surface area contributed by atoms with E-state index in [9.17, 15) is 50.8 Å². The Hall–Kier alpha value is -1.15. The van der Waals surface area contributed by atoms with E-state index >= 15 is 0 Å². The lowest BCUT2D eigenvalue weighted by molar-refractivity contribution is -0.150. The Balaban J connectivity index is 2.68. The topological polar surface area (TPSA) is 208 Å². The third-order valence-electron chi connectivity index (χ3n) is 11.3. The average Bonchev–Trinajstić information content (AvgIpc) is 3.07. The van der Waals surface area contributed by atoms with Gasteiger partial charge in [0.2, 0.25) is 0 Å². The molecule has 0 aromatic carbocycles. The summed E-state index contributed by atoms with van der Waals surface area (Å²) in [5.41, 5.74) is 0.436. The highest BCUT2D eigenvalue weighted by molar-refractivity contribution is 5.82. The fourth-order valence-electron chi connectivity index (χ4n) is 7.55. The van der Waals surface area contributed by atoms with Crippen LogP contribution >= 0.6 is 0 Å². The van der Waals surface area contributed by atoms with Crippen LogP contribution in [0.2, 0.25) is 0 Å². The molecule has 0 spiro atoms. The van der Waals surface area contributed by atoms with Crippen molar-refractivity contribution in [3.8, 4) is 0 Å². The highest BCUT2D eigenvalue weighted by atomic mass is 16.5. The first-order valence-electron chi connectivity index (χ1n) is 21.9. The van der Waals surface area contributed by atoms with Gasteiger partial charge in [-0.05, 0) is 173 Å². The maximum absolute atomic E-state index is 12.8. The van der Waals surface area contributed by atoms with Gasteiger partial charge < -0.3 is 50.7 Å². The first kappa shape index (κ1) is 51.9. The third kappa shape index (κ3) is 28.8. The Labute approximate surface area is 333 Å².